The SMILES string of the molecule is CC(Br)c1cn(-c2ccc3ncsc3c2)nn1. The largest absolute Gasteiger partial charge is 0.245 e. The van der Waals surface area contributed by atoms with Crippen molar-refractivity contribution in [3.8, 4) is 5.69 Å². The highest BCUT2D eigenvalue weighted by atomic mass is 79.9. The Kier molecular flexibility index (Phi) is 2.68. The van der Waals surface area contributed by atoms with Crippen LogP contribution in [-0.4, -0.2) is 20.0 Å². The molecule has 1 atom stereocenters. The summed E-state index contributed by atoms with van der Waals surface area (Å²) in [5, 5.41) is 8.23. The highest BCUT2D eigenvalue weighted by Crippen LogP contribution is 2.23. The smallest absolute Gasteiger partial charge is 0.0965 e. The zero-order valence-corrected chi connectivity index (χ0v) is 11.4. The third kappa shape index (κ3) is 1.98. The molecule has 0 radical (unpaired) electrons. The molecule has 0 saturated carbocycles. The maximum Gasteiger partial charge on any atom is 0.0965 e. The number of alkyl halides is 1. The summed E-state index contributed by atoms with van der Waals surface area (Å²) in [4.78, 5) is 4.46. The van der Waals surface area contributed by atoms with Crippen LogP contribution in [0.5, 0.6) is 0 Å². The lowest BCUT2D eigenvalue weighted by molar-refractivity contribution is 0.798. The number of thiazole rings is 1. The van der Waals surface area contributed by atoms with Gasteiger partial charge in [0.05, 0.1) is 38.1 Å². The molecule has 0 bridgehead atoms. The fraction of sp³-hybridized carbons (Fsp3) is 0.182. The van der Waals surface area contributed by atoms with E-state index in [4.69, 9.17) is 0 Å². The molecular formula is C11H9BrN4S. The fourth-order valence-corrected chi connectivity index (χ4v) is 2.49. The summed E-state index contributed by atoms with van der Waals surface area (Å²) in [6.07, 6.45) is 1.93. The molecule has 1 aromatic carbocycles. The summed E-state index contributed by atoms with van der Waals surface area (Å²) in [6, 6.07) is 6.07. The molecule has 3 aromatic rings. The van der Waals surface area contributed by atoms with E-state index >= 15 is 0 Å². The van der Waals surface area contributed by atoms with Crippen LogP contribution in [0.25, 0.3) is 15.9 Å². The number of hydrogen-bond donors (Lipinski definition) is 0. The average Bonchev–Trinajstić information content (AvgIpc) is 2.97. The van der Waals surface area contributed by atoms with Gasteiger partial charge < -0.3 is 0 Å². The maximum absolute atomic E-state index is 4.25. The first-order valence-corrected chi connectivity index (χ1v) is 6.93. The highest BCUT2D eigenvalue weighted by Gasteiger charge is 2.08. The molecule has 2 aromatic heterocycles. The monoisotopic (exact) mass is 308 g/mol. The minimum absolute atomic E-state index is 0.211. The fourth-order valence-electron chi connectivity index (χ4n) is 1.57. The van der Waals surface area contributed by atoms with Crippen molar-refractivity contribution in [1.82, 2.24) is 20.0 Å². The molecule has 86 valence electrons. The first kappa shape index (κ1) is 10.9. The van der Waals surface area contributed by atoms with Crippen molar-refractivity contribution in [3.05, 3.63) is 35.6 Å². The second-order valence-corrected chi connectivity index (χ2v) is 5.97. The number of nitrogens with zero attached hydrogens (tertiary/aromatic N) is 4. The third-order valence-corrected chi connectivity index (χ3v) is 3.76. The zero-order chi connectivity index (χ0) is 11.8. The summed E-state index contributed by atoms with van der Waals surface area (Å²) >= 11 is 5.11. The molecule has 0 aliphatic heterocycles. The van der Waals surface area contributed by atoms with Crippen molar-refractivity contribution in [2.45, 2.75) is 11.8 Å². The predicted molar refractivity (Wildman–Crippen MR) is 71.9 cm³/mol. The lowest BCUT2D eigenvalue weighted by atomic mass is 10.3. The Morgan fingerprint density at radius 1 is 1.41 bits per heavy atom. The Morgan fingerprint density at radius 3 is 3.06 bits per heavy atom. The van der Waals surface area contributed by atoms with Gasteiger partial charge in [-0.2, -0.15) is 0 Å². The van der Waals surface area contributed by atoms with Crippen LogP contribution >= 0.6 is 27.3 Å². The van der Waals surface area contributed by atoms with Crippen LogP contribution in [0.15, 0.2) is 29.9 Å². The van der Waals surface area contributed by atoms with Gasteiger partial charge in [0.25, 0.3) is 0 Å². The number of fused-ring (bicyclic) bond motifs is 1. The van der Waals surface area contributed by atoms with E-state index in [0.717, 1.165) is 21.6 Å². The molecular weight excluding hydrogens is 300 g/mol. The van der Waals surface area contributed by atoms with Crippen molar-refractivity contribution in [2.24, 2.45) is 0 Å². The molecule has 0 saturated heterocycles. The van der Waals surface area contributed by atoms with Gasteiger partial charge in [-0.3, -0.25) is 0 Å². The van der Waals surface area contributed by atoms with Gasteiger partial charge in [0, 0.05) is 0 Å². The van der Waals surface area contributed by atoms with Crippen LogP contribution < -0.4 is 0 Å². The molecule has 1 unspecified atom stereocenters. The summed E-state index contributed by atoms with van der Waals surface area (Å²) in [5.41, 5.74) is 4.80. The second kappa shape index (κ2) is 4.19. The molecule has 2 heterocycles. The molecule has 0 N–H and O–H groups in total. The first-order chi connectivity index (χ1) is 8.24. The Hall–Kier alpha value is -1.27. The lowest BCUT2D eigenvalue weighted by Gasteiger charge is -1.99. The van der Waals surface area contributed by atoms with Crippen LogP contribution in [0.4, 0.5) is 0 Å². The molecule has 0 spiro atoms. The van der Waals surface area contributed by atoms with E-state index in [1.165, 1.54) is 0 Å². The summed E-state index contributed by atoms with van der Waals surface area (Å²) in [6.45, 7) is 2.03. The molecule has 17 heavy (non-hydrogen) atoms. The van der Waals surface area contributed by atoms with E-state index in [2.05, 4.69) is 37.3 Å². The molecule has 6 heteroatoms. The van der Waals surface area contributed by atoms with E-state index < -0.39 is 0 Å². The Morgan fingerprint density at radius 2 is 2.29 bits per heavy atom. The topological polar surface area (TPSA) is 43.6 Å². The number of rotatable bonds is 2. The molecule has 0 fully saturated rings. The minimum Gasteiger partial charge on any atom is -0.245 e. The molecule has 0 aliphatic rings. The highest BCUT2D eigenvalue weighted by molar-refractivity contribution is 9.09. The Bertz CT molecular complexity index is 658. The number of halogens is 1. The van der Waals surface area contributed by atoms with Gasteiger partial charge in [-0.15, -0.1) is 16.4 Å². The predicted octanol–water partition coefficient (Wildman–Crippen LogP) is 3.33. The van der Waals surface area contributed by atoms with E-state index in [1.54, 1.807) is 16.0 Å². The van der Waals surface area contributed by atoms with Gasteiger partial charge in [-0.05, 0) is 25.1 Å². The van der Waals surface area contributed by atoms with Crippen LogP contribution in [0.2, 0.25) is 0 Å². The van der Waals surface area contributed by atoms with Crippen molar-refractivity contribution in [2.75, 3.05) is 0 Å². The van der Waals surface area contributed by atoms with E-state index in [9.17, 15) is 0 Å². The van der Waals surface area contributed by atoms with E-state index in [1.807, 2.05) is 30.8 Å². The van der Waals surface area contributed by atoms with Crippen LogP contribution in [0.3, 0.4) is 0 Å². The summed E-state index contributed by atoms with van der Waals surface area (Å²) < 4.78 is 2.94. The van der Waals surface area contributed by atoms with Gasteiger partial charge in [-0.1, -0.05) is 21.1 Å². The second-order valence-electron chi connectivity index (χ2n) is 3.71. The van der Waals surface area contributed by atoms with Crippen LogP contribution in [0, 0.1) is 0 Å². The number of benzene rings is 1. The van der Waals surface area contributed by atoms with Crippen molar-refractivity contribution >= 4 is 37.5 Å². The van der Waals surface area contributed by atoms with E-state index in [0.29, 0.717) is 0 Å². The third-order valence-electron chi connectivity index (χ3n) is 2.50. The quantitative estimate of drug-likeness (QED) is 0.682. The molecule has 0 aliphatic carbocycles. The molecule has 3 rings (SSSR count). The number of hydrogen-bond acceptors (Lipinski definition) is 4. The normalized spacial score (nSPS) is 13.1. The number of aromatic nitrogens is 4. The van der Waals surface area contributed by atoms with Gasteiger partial charge >= 0.3 is 0 Å². The summed E-state index contributed by atoms with van der Waals surface area (Å²) in [7, 11) is 0. The van der Waals surface area contributed by atoms with Crippen molar-refractivity contribution in [3.63, 3.8) is 0 Å². The lowest BCUT2D eigenvalue weighted by Crippen LogP contribution is -1.93. The average molecular weight is 309 g/mol. The van der Waals surface area contributed by atoms with Gasteiger partial charge in [-0.25, -0.2) is 9.67 Å². The zero-order valence-electron chi connectivity index (χ0n) is 9.04. The van der Waals surface area contributed by atoms with Crippen molar-refractivity contribution < 1.29 is 0 Å². The standard InChI is InChI=1S/C11H9BrN4S/c1-7(12)10-5-16(15-14-10)8-2-3-9-11(4-8)17-6-13-9/h2-7H,1H3. The minimum atomic E-state index is 0.211. The van der Waals surface area contributed by atoms with Gasteiger partial charge in [0.1, 0.15) is 0 Å². The molecule has 4 nitrogen and oxygen atoms in total. The van der Waals surface area contributed by atoms with Gasteiger partial charge in [0.15, 0.2) is 0 Å². The maximum atomic E-state index is 4.25. The van der Waals surface area contributed by atoms with Crippen LogP contribution in [0.1, 0.15) is 17.4 Å². The Balaban J connectivity index is 2.06. The van der Waals surface area contributed by atoms with Gasteiger partial charge in [0.2, 0.25) is 0 Å². The molecule has 0 amide bonds. The Labute approximate surface area is 110 Å². The first-order valence-electron chi connectivity index (χ1n) is 5.14. The van der Waals surface area contributed by atoms with Crippen LogP contribution in [-0.2, 0) is 0 Å². The summed E-state index contributed by atoms with van der Waals surface area (Å²) in [5.74, 6) is 0. The van der Waals surface area contributed by atoms with E-state index in [-0.39, 0.29) is 4.83 Å². The van der Waals surface area contributed by atoms with Crippen molar-refractivity contribution in [1.29, 1.82) is 0 Å².